The van der Waals surface area contributed by atoms with Gasteiger partial charge in [0.1, 0.15) is 0 Å². The van der Waals surface area contributed by atoms with Crippen LogP contribution in [-0.4, -0.2) is 21.9 Å². The maximum absolute atomic E-state index is 11.3. The van der Waals surface area contributed by atoms with Gasteiger partial charge in [-0.3, -0.25) is 9.59 Å². The summed E-state index contributed by atoms with van der Waals surface area (Å²) < 4.78 is 0. The van der Waals surface area contributed by atoms with Crippen molar-refractivity contribution in [2.24, 2.45) is 5.92 Å². The van der Waals surface area contributed by atoms with Crippen molar-refractivity contribution >= 4 is 33.6 Å². The van der Waals surface area contributed by atoms with E-state index in [4.69, 9.17) is 0 Å². The quantitative estimate of drug-likeness (QED) is 0.916. The lowest BCUT2D eigenvalue weighted by Gasteiger charge is -2.13. The first-order valence-corrected chi connectivity index (χ1v) is 7.39. The third kappa shape index (κ3) is 3.61. The molecule has 0 spiro atoms. The second-order valence-electron chi connectivity index (χ2n) is 4.68. The Bertz CT molecular complexity index is 631. The molecule has 0 bridgehead atoms. The lowest BCUT2D eigenvalue weighted by Crippen LogP contribution is -2.19. The molecule has 0 aliphatic carbocycles. The van der Waals surface area contributed by atoms with Gasteiger partial charge in [-0.2, -0.15) is 0 Å². The zero-order valence-electron chi connectivity index (χ0n) is 11.2. The third-order valence-electron chi connectivity index (χ3n) is 3.18. The van der Waals surface area contributed by atoms with E-state index in [2.05, 4.69) is 0 Å². The van der Waals surface area contributed by atoms with Crippen molar-refractivity contribution < 1.29 is 14.7 Å². The van der Waals surface area contributed by atoms with Crippen LogP contribution in [0.3, 0.4) is 0 Å². The first kappa shape index (κ1) is 14.6. The van der Waals surface area contributed by atoms with Crippen LogP contribution in [0.25, 0.3) is 10.8 Å². The van der Waals surface area contributed by atoms with Crippen LogP contribution in [0.1, 0.15) is 12.5 Å². The molecule has 1 atom stereocenters. The number of aliphatic carboxylic acids is 1. The summed E-state index contributed by atoms with van der Waals surface area (Å²) in [5, 5.41) is 11.4. The highest BCUT2D eigenvalue weighted by atomic mass is 32.2. The lowest BCUT2D eigenvalue weighted by molar-refractivity contribution is -0.140. The molecule has 20 heavy (non-hydrogen) atoms. The van der Waals surface area contributed by atoms with Crippen LogP contribution >= 0.6 is 11.8 Å². The van der Waals surface area contributed by atoms with E-state index in [0.29, 0.717) is 12.2 Å². The van der Waals surface area contributed by atoms with Gasteiger partial charge in [-0.25, -0.2) is 0 Å². The van der Waals surface area contributed by atoms with Gasteiger partial charge in [-0.05, 0) is 22.8 Å². The minimum absolute atomic E-state index is 0.0471. The van der Waals surface area contributed by atoms with Crippen molar-refractivity contribution in [2.75, 3.05) is 5.75 Å². The molecule has 2 aromatic rings. The van der Waals surface area contributed by atoms with Gasteiger partial charge in [0.05, 0.1) is 5.92 Å². The molecule has 0 saturated carbocycles. The van der Waals surface area contributed by atoms with E-state index in [1.165, 1.54) is 6.92 Å². The number of fused-ring (bicyclic) bond motifs is 1. The number of benzene rings is 2. The van der Waals surface area contributed by atoms with Gasteiger partial charge in [0.25, 0.3) is 0 Å². The maximum Gasteiger partial charge on any atom is 0.307 e. The summed E-state index contributed by atoms with van der Waals surface area (Å²) in [6.07, 6.45) is 0.441. The third-order valence-corrected chi connectivity index (χ3v) is 4.16. The van der Waals surface area contributed by atoms with E-state index in [1.807, 2.05) is 42.5 Å². The van der Waals surface area contributed by atoms with E-state index in [-0.39, 0.29) is 5.12 Å². The van der Waals surface area contributed by atoms with Gasteiger partial charge in [0.2, 0.25) is 0 Å². The van der Waals surface area contributed by atoms with Crippen LogP contribution in [0, 0.1) is 5.92 Å². The fourth-order valence-electron chi connectivity index (χ4n) is 2.17. The van der Waals surface area contributed by atoms with Crippen molar-refractivity contribution in [3.05, 3.63) is 48.0 Å². The smallest absolute Gasteiger partial charge is 0.307 e. The van der Waals surface area contributed by atoms with Gasteiger partial charge in [0.15, 0.2) is 5.12 Å². The summed E-state index contributed by atoms with van der Waals surface area (Å²) in [5.74, 6) is -1.09. The Balaban J connectivity index is 2.24. The number of carbonyl (C=O) groups is 2. The van der Waals surface area contributed by atoms with Crippen LogP contribution in [0.5, 0.6) is 0 Å². The Morgan fingerprint density at radius 1 is 1.15 bits per heavy atom. The topological polar surface area (TPSA) is 54.4 Å². The number of thioether (sulfide) groups is 1. The van der Waals surface area contributed by atoms with Crippen molar-refractivity contribution in [2.45, 2.75) is 13.3 Å². The van der Waals surface area contributed by atoms with Crippen LogP contribution in [0.4, 0.5) is 0 Å². The normalized spacial score (nSPS) is 12.2. The predicted octanol–water partition coefficient (Wildman–Crippen LogP) is 3.36. The van der Waals surface area contributed by atoms with Gasteiger partial charge in [0, 0.05) is 12.7 Å². The average molecular weight is 288 g/mol. The molecule has 0 radical (unpaired) electrons. The summed E-state index contributed by atoms with van der Waals surface area (Å²) in [7, 11) is 0. The molecule has 0 saturated heterocycles. The van der Waals surface area contributed by atoms with Crippen LogP contribution in [0.15, 0.2) is 42.5 Å². The molecule has 0 fully saturated rings. The van der Waals surface area contributed by atoms with Crippen LogP contribution in [0.2, 0.25) is 0 Å². The largest absolute Gasteiger partial charge is 0.481 e. The molecule has 0 aliphatic heterocycles. The minimum atomic E-state index is -0.855. The second-order valence-corrected chi connectivity index (χ2v) is 5.88. The van der Waals surface area contributed by atoms with Crippen LogP contribution < -0.4 is 0 Å². The van der Waals surface area contributed by atoms with Gasteiger partial charge in [-0.1, -0.05) is 54.2 Å². The molecule has 1 N–H and O–H groups in total. The molecule has 0 aromatic heterocycles. The van der Waals surface area contributed by atoms with Crippen molar-refractivity contribution in [1.82, 2.24) is 0 Å². The standard InChI is InChI=1S/C16H16O3S/c1-11(17)20-10-14(16(18)19)9-13-7-4-6-12-5-2-3-8-15(12)13/h2-8,14H,9-10H2,1H3,(H,18,19)/t14-/m0/s1. The molecule has 0 amide bonds. The van der Waals surface area contributed by atoms with Crippen molar-refractivity contribution in [3.63, 3.8) is 0 Å². The summed E-state index contributed by atoms with van der Waals surface area (Å²) in [4.78, 5) is 22.3. The average Bonchev–Trinajstić information content (AvgIpc) is 2.43. The molecule has 4 heteroatoms. The molecule has 0 unspecified atom stereocenters. The molecule has 2 rings (SSSR count). The van der Waals surface area contributed by atoms with E-state index < -0.39 is 11.9 Å². The Kier molecular flexibility index (Phi) is 4.79. The van der Waals surface area contributed by atoms with Gasteiger partial charge < -0.3 is 5.11 Å². The monoisotopic (exact) mass is 288 g/mol. The number of hydrogen-bond acceptors (Lipinski definition) is 3. The molecular weight excluding hydrogens is 272 g/mol. The Morgan fingerprint density at radius 2 is 1.85 bits per heavy atom. The Labute approximate surface area is 122 Å². The second kappa shape index (κ2) is 6.57. The molecule has 2 aromatic carbocycles. The fourth-order valence-corrected chi connectivity index (χ4v) is 2.87. The number of carboxylic acids is 1. The maximum atomic E-state index is 11.3. The first-order chi connectivity index (χ1) is 9.58. The van der Waals surface area contributed by atoms with Gasteiger partial charge in [-0.15, -0.1) is 0 Å². The highest BCUT2D eigenvalue weighted by Crippen LogP contribution is 2.23. The number of rotatable bonds is 5. The summed E-state index contributed by atoms with van der Waals surface area (Å²) >= 11 is 1.07. The number of hydrogen-bond donors (Lipinski definition) is 1. The Hall–Kier alpha value is -1.81. The summed E-state index contributed by atoms with van der Waals surface area (Å²) in [6.45, 7) is 1.46. The fraction of sp³-hybridized carbons (Fsp3) is 0.250. The van der Waals surface area contributed by atoms with E-state index in [0.717, 1.165) is 28.1 Å². The van der Waals surface area contributed by atoms with Crippen molar-refractivity contribution in [1.29, 1.82) is 0 Å². The molecule has 3 nitrogen and oxygen atoms in total. The lowest BCUT2D eigenvalue weighted by atomic mass is 9.96. The highest BCUT2D eigenvalue weighted by Gasteiger charge is 2.19. The molecule has 0 heterocycles. The molecule has 104 valence electrons. The zero-order valence-corrected chi connectivity index (χ0v) is 12.0. The summed E-state index contributed by atoms with van der Waals surface area (Å²) in [5.41, 5.74) is 1.01. The van der Waals surface area contributed by atoms with Gasteiger partial charge >= 0.3 is 5.97 Å². The predicted molar refractivity (Wildman–Crippen MR) is 81.9 cm³/mol. The van der Waals surface area contributed by atoms with Crippen molar-refractivity contribution in [3.8, 4) is 0 Å². The number of carbonyl (C=O) groups excluding carboxylic acids is 1. The van der Waals surface area contributed by atoms with E-state index >= 15 is 0 Å². The van der Waals surface area contributed by atoms with E-state index in [9.17, 15) is 14.7 Å². The summed E-state index contributed by atoms with van der Waals surface area (Å²) in [6, 6.07) is 13.8. The van der Waals surface area contributed by atoms with Crippen LogP contribution in [-0.2, 0) is 16.0 Å². The first-order valence-electron chi connectivity index (χ1n) is 6.40. The number of carboxylic acid groups (broad SMARTS) is 1. The highest BCUT2D eigenvalue weighted by molar-refractivity contribution is 8.13. The minimum Gasteiger partial charge on any atom is -0.481 e. The SMILES string of the molecule is CC(=O)SC[C@H](Cc1cccc2ccccc12)C(=O)O. The zero-order chi connectivity index (χ0) is 14.5. The molecule has 0 aliphatic rings. The Morgan fingerprint density at radius 3 is 2.55 bits per heavy atom. The van der Waals surface area contributed by atoms with E-state index in [1.54, 1.807) is 0 Å². The molecular formula is C16H16O3S.